The summed E-state index contributed by atoms with van der Waals surface area (Å²) in [6.07, 6.45) is 1.16. The molecule has 0 saturated carbocycles. The van der Waals surface area contributed by atoms with Gasteiger partial charge in [-0.2, -0.15) is 5.26 Å². The Labute approximate surface area is 106 Å². The van der Waals surface area contributed by atoms with Gasteiger partial charge in [-0.3, -0.25) is 4.79 Å². The molecule has 0 atom stereocenters. The number of nitriles is 1. The van der Waals surface area contributed by atoms with E-state index in [9.17, 15) is 9.18 Å². The molecule has 5 heteroatoms. The molecular formula is C13H16FN3O. The lowest BCUT2D eigenvalue weighted by atomic mass is 10.2. The maximum atomic E-state index is 13.1. The van der Waals surface area contributed by atoms with Crippen LogP contribution in [0.15, 0.2) is 18.2 Å². The van der Waals surface area contributed by atoms with Gasteiger partial charge in [0.1, 0.15) is 11.9 Å². The minimum absolute atomic E-state index is 0.0179. The predicted octanol–water partition coefficient (Wildman–Crippen LogP) is 1.98. The van der Waals surface area contributed by atoms with E-state index < -0.39 is 5.82 Å². The molecule has 0 aliphatic rings. The number of rotatable bonds is 5. The smallest absolute Gasteiger partial charge is 0.222 e. The highest BCUT2D eigenvalue weighted by Crippen LogP contribution is 2.13. The van der Waals surface area contributed by atoms with Crippen LogP contribution in [0.4, 0.5) is 10.1 Å². The number of benzene rings is 1. The summed E-state index contributed by atoms with van der Waals surface area (Å²) >= 11 is 0. The third-order valence-corrected chi connectivity index (χ3v) is 2.48. The molecule has 1 rings (SSSR count). The van der Waals surface area contributed by atoms with Crippen molar-refractivity contribution < 1.29 is 9.18 Å². The minimum Gasteiger partial charge on any atom is -0.385 e. The SMILES string of the molecule is CN(C)C(=O)CCCNc1ccc(F)c(C#N)c1. The Morgan fingerprint density at radius 2 is 2.22 bits per heavy atom. The van der Waals surface area contributed by atoms with Crippen molar-refractivity contribution in [1.29, 1.82) is 5.26 Å². The summed E-state index contributed by atoms with van der Waals surface area (Å²) in [6, 6.07) is 6.07. The van der Waals surface area contributed by atoms with Gasteiger partial charge in [0.2, 0.25) is 5.91 Å². The quantitative estimate of drug-likeness (QED) is 0.812. The maximum absolute atomic E-state index is 13.1. The molecule has 0 aliphatic heterocycles. The van der Waals surface area contributed by atoms with E-state index in [1.165, 1.54) is 12.1 Å². The highest BCUT2D eigenvalue weighted by molar-refractivity contribution is 5.75. The van der Waals surface area contributed by atoms with Gasteiger partial charge in [0.15, 0.2) is 0 Å². The molecule has 96 valence electrons. The van der Waals surface area contributed by atoms with Crippen molar-refractivity contribution in [3.05, 3.63) is 29.6 Å². The summed E-state index contributed by atoms with van der Waals surface area (Å²) in [5, 5.41) is 11.7. The maximum Gasteiger partial charge on any atom is 0.222 e. The standard InChI is InChI=1S/C13H16FN3O/c1-17(2)13(18)4-3-7-16-11-5-6-12(14)10(8-11)9-15/h5-6,8,16H,3-4,7H2,1-2H3. The summed E-state index contributed by atoms with van der Waals surface area (Å²) in [4.78, 5) is 12.9. The van der Waals surface area contributed by atoms with E-state index >= 15 is 0 Å². The average Bonchev–Trinajstić information content (AvgIpc) is 2.35. The van der Waals surface area contributed by atoms with Crippen molar-refractivity contribution in [1.82, 2.24) is 4.90 Å². The van der Waals surface area contributed by atoms with Crippen molar-refractivity contribution >= 4 is 11.6 Å². The van der Waals surface area contributed by atoms with E-state index in [1.54, 1.807) is 31.1 Å². The second-order valence-electron chi connectivity index (χ2n) is 4.12. The normalized spacial score (nSPS) is 9.67. The van der Waals surface area contributed by atoms with Gasteiger partial charge in [-0.05, 0) is 24.6 Å². The number of nitrogens with one attached hydrogen (secondary N) is 1. The van der Waals surface area contributed by atoms with Crippen molar-refractivity contribution in [2.75, 3.05) is 26.0 Å². The molecule has 0 saturated heterocycles. The van der Waals surface area contributed by atoms with Crippen molar-refractivity contribution in [3.8, 4) is 6.07 Å². The van der Waals surface area contributed by atoms with Crippen LogP contribution in [0.2, 0.25) is 0 Å². The highest BCUT2D eigenvalue weighted by Gasteiger charge is 2.04. The van der Waals surface area contributed by atoms with Crippen molar-refractivity contribution in [2.24, 2.45) is 0 Å². The summed E-state index contributed by atoms with van der Waals surface area (Å²) < 4.78 is 13.1. The molecule has 0 fully saturated rings. The molecule has 0 bridgehead atoms. The number of halogens is 1. The first-order valence-corrected chi connectivity index (χ1v) is 5.68. The lowest BCUT2D eigenvalue weighted by Gasteiger charge is -2.10. The lowest BCUT2D eigenvalue weighted by molar-refractivity contribution is -0.128. The second-order valence-corrected chi connectivity index (χ2v) is 4.12. The Balaban J connectivity index is 2.41. The monoisotopic (exact) mass is 249 g/mol. The van der Waals surface area contributed by atoms with Crippen LogP contribution in [0.1, 0.15) is 18.4 Å². The minimum atomic E-state index is -0.522. The van der Waals surface area contributed by atoms with E-state index in [2.05, 4.69) is 5.32 Å². The van der Waals surface area contributed by atoms with E-state index in [0.29, 0.717) is 25.1 Å². The number of amides is 1. The molecule has 0 heterocycles. The van der Waals surface area contributed by atoms with E-state index in [1.807, 2.05) is 0 Å². The van der Waals surface area contributed by atoms with E-state index in [-0.39, 0.29) is 11.5 Å². The van der Waals surface area contributed by atoms with E-state index in [0.717, 1.165) is 0 Å². The zero-order valence-electron chi connectivity index (χ0n) is 10.5. The number of nitrogens with zero attached hydrogens (tertiary/aromatic N) is 2. The summed E-state index contributed by atoms with van der Waals surface area (Å²) in [6.45, 7) is 0.607. The Bertz CT molecular complexity index is 466. The predicted molar refractivity (Wildman–Crippen MR) is 67.5 cm³/mol. The van der Waals surface area contributed by atoms with Crippen LogP contribution in [0.5, 0.6) is 0 Å². The number of carbonyl (C=O) groups is 1. The Kier molecular flexibility index (Phi) is 5.12. The molecule has 0 radical (unpaired) electrons. The molecule has 1 aromatic rings. The first-order chi connectivity index (χ1) is 8.54. The number of anilines is 1. The fourth-order valence-corrected chi connectivity index (χ4v) is 1.42. The van der Waals surface area contributed by atoms with Gasteiger partial charge in [0.05, 0.1) is 5.56 Å². The molecule has 0 spiro atoms. The van der Waals surface area contributed by atoms with Gasteiger partial charge in [-0.1, -0.05) is 0 Å². The topological polar surface area (TPSA) is 56.1 Å². The zero-order valence-corrected chi connectivity index (χ0v) is 10.5. The molecule has 1 aromatic carbocycles. The van der Waals surface area contributed by atoms with Crippen molar-refractivity contribution in [2.45, 2.75) is 12.8 Å². The summed E-state index contributed by atoms with van der Waals surface area (Å²) in [5.74, 6) is -0.445. The fraction of sp³-hybridized carbons (Fsp3) is 0.385. The Hall–Kier alpha value is -2.09. The van der Waals surface area contributed by atoms with Crippen LogP contribution in [-0.2, 0) is 4.79 Å². The first kappa shape index (κ1) is 14.0. The van der Waals surface area contributed by atoms with Crippen LogP contribution in [0, 0.1) is 17.1 Å². The van der Waals surface area contributed by atoms with Crippen LogP contribution in [-0.4, -0.2) is 31.4 Å². The largest absolute Gasteiger partial charge is 0.385 e. The third kappa shape index (κ3) is 4.06. The molecule has 1 amide bonds. The Morgan fingerprint density at radius 3 is 2.83 bits per heavy atom. The zero-order chi connectivity index (χ0) is 13.5. The highest BCUT2D eigenvalue weighted by atomic mass is 19.1. The molecule has 0 aliphatic carbocycles. The third-order valence-electron chi connectivity index (χ3n) is 2.48. The van der Waals surface area contributed by atoms with Gasteiger partial charge in [0, 0.05) is 32.7 Å². The van der Waals surface area contributed by atoms with Gasteiger partial charge >= 0.3 is 0 Å². The van der Waals surface area contributed by atoms with E-state index in [4.69, 9.17) is 5.26 Å². The first-order valence-electron chi connectivity index (χ1n) is 5.68. The number of hydrogen-bond acceptors (Lipinski definition) is 3. The fourth-order valence-electron chi connectivity index (χ4n) is 1.42. The lowest BCUT2D eigenvalue weighted by Crippen LogP contribution is -2.22. The average molecular weight is 249 g/mol. The summed E-state index contributed by atoms with van der Waals surface area (Å²) in [5.41, 5.74) is 0.703. The second kappa shape index (κ2) is 6.60. The molecule has 0 aromatic heterocycles. The molecule has 1 N–H and O–H groups in total. The summed E-state index contributed by atoms with van der Waals surface area (Å²) in [7, 11) is 3.43. The molecule has 4 nitrogen and oxygen atoms in total. The van der Waals surface area contributed by atoms with Gasteiger partial charge < -0.3 is 10.2 Å². The van der Waals surface area contributed by atoms with Crippen molar-refractivity contribution in [3.63, 3.8) is 0 Å². The molecule has 0 unspecified atom stereocenters. The van der Waals surface area contributed by atoms with Gasteiger partial charge in [-0.15, -0.1) is 0 Å². The van der Waals surface area contributed by atoms with Crippen LogP contribution >= 0.6 is 0 Å². The molecule has 18 heavy (non-hydrogen) atoms. The number of carbonyl (C=O) groups excluding carboxylic acids is 1. The van der Waals surface area contributed by atoms with Crippen LogP contribution in [0.3, 0.4) is 0 Å². The van der Waals surface area contributed by atoms with Gasteiger partial charge in [0.25, 0.3) is 0 Å². The van der Waals surface area contributed by atoms with Crippen LogP contribution in [0.25, 0.3) is 0 Å². The Morgan fingerprint density at radius 1 is 1.50 bits per heavy atom. The number of hydrogen-bond donors (Lipinski definition) is 1. The van der Waals surface area contributed by atoms with Crippen LogP contribution < -0.4 is 5.32 Å². The molecular weight excluding hydrogens is 233 g/mol. The van der Waals surface area contributed by atoms with Gasteiger partial charge in [-0.25, -0.2) is 4.39 Å².